The Morgan fingerprint density at radius 3 is 2.81 bits per heavy atom. The third-order valence-corrected chi connectivity index (χ3v) is 4.77. The molecule has 0 spiro atoms. The number of aromatic nitrogens is 2. The molecule has 1 aromatic rings. The average Bonchev–Trinajstić information content (AvgIpc) is 2.58. The van der Waals surface area contributed by atoms with Crippen LogP contribution in [0, 0.1) is 0 Å². The predicted molar refractivity (Wildman–Crippen MR) is 62.9 cm³/mol. The molecule has 0 aromatic carbocycles. The van der Waals surface area contributed by atoms with Crippen LogP contribution in [0.3, 0.4) is 0 Å². The van der Waals surface area contributed by atoms with E-state index in [9.17, 15) is 8.42 Å². The van der Waals surface area contributed by atoms with Crippen LogP contribution >= 0.6 is 12.4 Å². The summed E-state index contributed by atoms with van der Waals surface area (Å²) in [6.07, 6.45) is 2.94. The second-order valence-electron chi connectivity index (χ2n) is 3.60. The lowest BCUT2D eigenvalue weighted by Gasteiger charge is -2.08. The number of halogens is 1. The molecule has 1 aliphatic heterocycles. The van der Waals surface area contributed by atoms with Gasteiger partial charge in [0.25, 0.3) is 0 Å². The molecule has 2 heterocycles. The molecule has 1 saturated heterocycles. The second kappa shape index (κ2) is 5.07. The van der Waals surface area contributed by atoms with Gasteiger partial charge in [-0.2, -0.15) is 0 Å². The van der Waals surface area contributed by atoms with Gasteiger partial charge in [-0.3, -0.25) is 0 Å². The topological polar surface area (TPSA) is 85.9 Å². The first-order chi connectivity index (χ1) is 7.13. The van der Waals surface area contributed by atoms with E-state index in [-0.39, 0.29) is 24.7 Å². The molecule has 0 saturated carbocycles. The zero-order chi connectivity index (χ0) is 10.9. The molecule has 1 aliphatic rings. The van der Waals surface area contributed by atoms with E-state index in [0.29, 0.717) is 17.9 Å². The fourth-order valence-electron chi connectivity index (χ4n) is 1.82. The molecule has 1 fully saturated rings. The zero-order valence-corrected chi connectivity index (χ0v) is 10.3. The summed E-state index contributed by atoms with van der Waals surface area (Å²) in [6, 6.07) is 1.66. The normalized spacial score (nSPS) is 22.7. The second-order valence-corrected chi connectivity index (χ2v) is 5.90. The molecule has 1 atom stereocenters. The molecule has 0 aliphatic carbocycles. The van der Waals surface area contributed by atoms with Gasteiger partial charge >= 0.3 is 0 Å². The Bertz CT molecular complexity index is 464. The van der Waals surface area contributed by atoms with Gasteiger partial charge in [-0.1, -0.05) is 0 Å². The van der Waals surface area contributed by atoms with Crippen molar-refractivity contribution in [1.82, 2.24) is 9.97 Å². The molecule has 90 valence electrons. The fraction of sp³-hybridized carbons (Fsp3) is 0.556. The van der Waals surface area contributed by atoms with E-state index in [0.717, 1.165) is 6.42 Å². The van der Waals surface area contributed by atoms with Gasteiger partial charge in [-0.25, -0.2) is 18.4 Å². The van der Waals surface area contributed by atoms with Crippen LogP contribution in [0.15, 0.2) is 12.3 Å². The Kier molecular flexibility index (Phi) is 4.23. The summed E-state index contributed by atoms with van der Waals surface area (Å²) < 4.78 is 23.3. The highest BCUT2D eigenvalue weighted by Gasteiger charge is 2.33. The van der Waals surface area contributed by atoms with Gasteiger partial charge in [0.2, 0.25) is 0 Å². The number of nitrogens with two attached hydrogens (primary N) is 1. The van der Waals surface area contributed by atoms with Crippen LogP contribution in [0.25, 0.3) is 0 Å². The molecule has 2 rings (SSSR count). The summed E-state index contributed by atoms with van der Waals surface area (Å²) in [4.78, 5) is 8.10. The number of hydrogen-bond donors (Lipinski definition) is 1. The van der Waals surface area contributed by atoms with E-state index in [2.05, 4.69) is 9.97 Å². The van der Waals surface area contributed by atoms with Gasteiger partial charge in [0.05, 0.1) is 18.0 Å². The highest BCUT2D eigenvalue weighted by molar-refractivity contribution is 7.91. The lowest BCUT2D eigenvalue weighted by molar-refractivity contribution is 0.590. The minimum absolute atomic E-state index is 0. The Balaban J connectivity index is 0.00000128. The first kappa shape index (κ1) is 13.3. The Labute approximate surface area is 101 Å². The molecule has 0 bridgehead atoms. The molecular formula is C9H14ClN3O2S. The smallest absolute Gasteiger partial charge is 0.158 e. The van der Waals surface area contributed by atoms with Crippen LogP contribution in [0.1, 0.15) is 29.6 Å². The standard InChI is InChI=1S/C9H13N3O2S.ClH/c10-6-9-11-4-3-7(12-9)8-2-1-5-15(8,13)14;/h3-4,8H,1-2,5-6,10H2;1H. The number of sulfone groups is 1. The van der Waals surface area contributed by atoms with Crippen molar-refractivity contribution in [1.29, 1.82) is 0 Å². The van der Waals surface area contributed by atoms with E-state index < -0.39 is 15.1 Å². The minimum atomic E-state index is -3.00. The molecule has 1 unspecified atom stereocenters. The van der Waals surface area contributed by atoms with Gasteiger partial charge in [0, 0.05) is 6.20 Å². The molecular weight excluding hydrogens is 250 g/mol. The van der Waals surface area contributed by atoms with Crippen molar-refractivity contribution in [2.75, 3.05) is 5.75 Å². The quantitative estimate of drug-likeness (QED) is 0.845. The lowest BCUT2D eigenvalue weighted by Crippen LogP contribution is -2.12. The largest absolute Gasteiger partial charge is 0.324 e. The highest BCUT2D eigenvalue weighted by atomic mass is 35.5. The summed E-state index contributed by atoms with van der Waals surface area (Å²) in [5.41, 5.74) is 6.00. The van der Waals surface area contributed by atoms with Gasteiger partial charge in [0.15, 0.2) is 9.84 Å². The molecule has 16 heavy (non-hydrogen) atoms. The Morgan fingerprint density at radius 2 is 2.25 bits per heavy atom. The molecule has 1 aromatic heterocycles. The van der Waals surface area contributed by atoms with Crippen LogP contribution in [0.4, 0.5) is 0 Å². The van der Waals surface area contributed by atoms with Crippen molar-refractivity contribution in [3.63, 3.8) is 0 Å². The third kappa shape index (κ3) is 2.50. The molecule has 7 heteroatoms. The third-order valence-electron chi connectivity index (χ3n) is 2.57. The van der Waals surface area contributed by atoms with Gasteiger partial charge < -0.3 is 5.73 Å². The zero-order valence-electron chi connectivity index (χ0n) is 8.67. The fourth-order valence-corrected chi connectivity index (χ4v) is 3.69. The van der Waals surface area contributed by atoms with E-state index in [1.54, 1.807) is 12.3 Å². The minimum Gasteiger partial charge on any atom is -0.324 e. The SMILES string of the molecule is Cl.NCc1nccc(C2CCCS2(=O)=O)n1. The van der Waals surface area contributed by atoms with Crippen molar-refractivity contribution in [2.45, 2.75) is 24.6 Å². The van der Waals surface area contributed by atoms with Gasteiger partial charge in [-0.05, 0) is 18.9 Å². The van der Waals surface area contributed by atoms with E-state index in [1.165, 1.54) is 0 Å². The van der Waals surface area contributed by atoms with Crippen LogP contribution in [-0.4, -0.2) is 24.1 Å². The van der Waals surface area contributed by atoms with Crippen molar-refractivity contribution >= 4 is 22.2 Å². The molecule has 0 radical (unpaired) electrons. The molecule has 2 N–H and O–H groups in total. The summed E-state index contributed by atoms with van der Waals surface area (Å²) in [6.45, 7) is 0.237. The van der Waals surface area contributed by atoms with Crippen LogP contribution in [0.5, 0.6) is 0 Å². The number of nitrogens with zero attached hydrogens (tertiary/aromatic N) is 2. The maximum absolute atomic E-state index is 11.7. The lowest BCUT2D eigenvalue weighted by atomic mass is 10.2. The summed E-state index contributed by atoms with van der Waals surface area (Å²) in [5, 5.41) is -0.453. The predicted octanol–water partition coefficient (Wildman–Crippen LogP) is 0.607. The van der Waals surface area contributed by atoms with E-state index >= 15 is 0 Å². The van der Waals surface area contributed by atoms with Gasteiger partial charge in [-0.15, -0.1) is 12.4 Å². The van der Waals surface area contributed by atoms with E-state index in [4.69, 9.17) is 5.73 Å². The Morgan fingerprint density at radius 1 is 1.50 bits per heavy atom. The first-order valence-electron chi connectivity index (χ1n) is 4.87. The van der Waals surface area contributed by atoms with Crippen molar-refractivity contribution < 1.29 is 8.42 Å². The van der Waals surface area contributed by atoms with Crippen LogP contribution in [0.2, 0.25) is 0 Å². The average molecular weight is 264 g/mol. The van der Waals surface area contributed by atoms with Crippen LogP contribution in [-0.2, 0) is 16.4 Å². The molecule has 0 amide bonds. The van der Waals surface area contributed by atoms with Crippen molar-refractivity contribution in [3.8, 4) is 0 Å². The van der Waals surface area contributed by atoms with Crippen molar-refractivity contribution in [3.05, 3.63) is 23.8 Å². The maximum Gasteiger partial charge on any atom is 0.158 e. The Hall–Kier alpha value is -0.720. The first-order valence-corrected chi connectivity index (χ1v) is 6.58. The summed E-state index contributed by atoms with van der Waals surface area (Å²) in [5.74, 6) is 0.759. The highest BCUT2D eigenvalue weighted by Crippen LogP contribution is 2.33. The van der Waals surface area contributed by atoms with Crippen molar-refractivity contribution in [2.24, 2.45) is 5.73 Å². The van der Waals surface area contributed by atoms with Crippen LogP contribution < -0.4 is 5.73 Å². The van der Waals surface area contributed by atoms with E-state index in [1.807, 2.05) is 0 Å². The maximum atomic E-state index is 11.7. The monoisotopic (exact) mass is 263 g/mol. The number of hydrogen-bond acceptors (Lipinski definition) is 5. The van der Waals surface area contributed by atoms with Gasteiger partial charge in [0.1, 0.15) is 11.1 Å². The number of rotatable bonds is 2. The molecule has 5 nitrogen and oxygen atoms in total. The summed E-state index contributed by atoms with van der Waals surface area (Å²) >= 11 is 0. The summed E-state index contributed by atoms with van der Waals surface area (Å²) in [7, 11) is -3.00.